The van der Waals surface area contributed by atoms with Crippen LogP contribution in [-0.4, -0.2) is 9.97 Å². The van der Waals surface area contributed by atoms with Crippen LogP contribution in [0.4, 0.5) is 13.2 Å². The highest BCUT2D eigenvalue weighted by atomic mass is 19.4. The maximum Gasteiger partial charge on any atom is 0.416 e. The Bertz CT molecular complexity index is 1100. The molecule has 0 unspecified atom stereocenters. The summed E-state index contributed by atoms with van der Waals surface area (Å²) in [6, 6.07) is 12.0. The van der Waals surface area contributed by atoms with Crippen molar-refractivity contribution in [2.45, 2.75) is 19.5 Å². The van der Waals surface area contributed by atoms with Crippen LogP contribution in [0, 0.1) is 0 Å². The van der Waals surface area contributed by atoms with Crippen LogP contribution in [0.2, 0.25) is 0 Å². The van der Waals surface area contributed by atoms with Gasteiger partial charge in [0.25, 0.3) is 5.88 Å². The van der Waals surface area contributed by atoms with Gasteiger partial charge in [-0.25, -0.2) is 4.98 Å². The lowest BCUT2D eigenvalue weighted by molar-refractivity contribution is -0.137. The van der Waals surface area contributed by atoms with E-state index in [-0.39, 0.29) is 11.6 Å². The smallest absolute Gasteiger partial charge is 0.416 e. The summed E-state index contributed by atoms with van der Waals surface area (Å²) in [5, 5.41) is 0.800. The minimum absolute atomic E-state index is 0.0299. The number of ether oxygens (including phenoxy) is 1. The van der Waals surface area contributed by atoms with Crippen LogP contribution in [0.5, 0.6) is 11.6 Å². The Morgan fingerprint density at radius 3 is 2.62 bits per heavy atom. The number of para-hydroxylation sites is 1. The predicted octanol–water partition coefficient (Wildman–Crippen LogP) is 5.75. The van der Waals surface area contributed by atoms with E-state index in [1.54, 1.807) is 6.07 Å². The van der Waals surface area contributed by atoms with Crippen molar-refractivity contribution in [3.8, 4) is 11.6 Å². The number of rotatable bonds is 3. The second-order valence-electron chi connectivity index (χ2n) is 5.70. The van der Waals surface area contributed by atoms with Crippen LogP contribution in [0.1, 0.15) is 18.3 Å². The van der Waals surface area contributed by atoms with Gasteiger partial charge in [-0.05, 0) is 30.3 Å². The number of nitrogens with zero attached hydrogens (tertiary/aromatic N) is 2. The lowest BCUT2D eigenvalue weighted by Gasteiger charge is -2.10. The second-order valence-corrected chi connectivity index (χ2v) is 5.70. The Labute approximate surface area is 146 Å². The van der Waals surface area contributed by atoms with Crippen molar-refractivity contribution in [2.24, 2.45) is 0 Å². The summed E-state index contributed by atoms with van der Waals surface area (Å²) in [4.78, 5) is 8.77. The van der Waals surface area contributed by atoms with Gasteiger partial charge in [-0.15, -0.1) is 0 Å². The number of halogens is 3. The van der Waals surface area contributed by atoms with Gasteiger partial charge >= 0.3 is 6.18 Å². The molecule has 132 valence electrons. The molecule has 0 atom stereocenters. The monoisotopic (exact) mass is 358 g/mol. The van der Waals surface area contributed by atoms with Crippen molar-refractivity contribution in [3.63, 3.8) is 0 Å². The highest BCUT2D eigenvalue weighted by Gasteiger charge is 2.30. The first-order valence-electron chi connectivity index (χ1n) is 7.99. The van der Waals surface area contributed by atoms with Gasteiger partial charge < -0.3 is 9.15 Å². The Morgan fingerprint density at radius 2 is 1.85 bits per heavy atom. The van der Waals surface area contributed by atoms with Gasteiger partial charge in [-0.1, -0.05) is 25.1 Å². The summed E-state index contributed by atoms with van der Waals surface area (Å²) < 4.78 is 50.2. The molecule has 2 heterocycles. The number of hydrogen-bond donors (Lipinski definition) is 0. The fourth-order valence-corrected chi connectivity index (χ4v) is 2.68. The van der Waals surface area contributed by atoms with E-state index in [9.17, 15) is 13.2 Å². The number of alkyl halides is 3. The van der Waals surface area contributed by atoms with E-state index in [4.69, 9.17) is 9.15 Å². The zero-order chi connectivity index (χ0) is 18.3. The molecule has 4 rings (SSSR count). The summed E-state index contributed by atoms with van der Waals surface area (Å²) in [7, 11) is 0. The average Bonchev–Trinajstić information content (AvgIpc) is 3.00. The first-order chi connectivity index (χ1) is 12.5. The molecule has 0 radical (unpaired) electrons. The fraction of sp³-hybridized carbons (Fsp3) is 0.158. The summed E-state index contributed by atoms with van der Waals surface area (Å²) in [5.74, 6) is 0.649. The molecule has 0 N–H and O–H groups in total. The predicted molar refractivity (Wildman–Crippen MR) is 90.2 cm³/mol. The van der Waals surface area contributed by atoms with E-state index in [0.717, 1.165) is 17.5 Å². The molecule has 2 aromatic heterocycles. The summed E-state index contributed by atoms with van der Waals surface area (Å²) >= 11 is 0. The lowest BCUT2D eigenvalue weighted by atomic mass is 10.2. The van der Waals surface area contributed by atoms with E-state index >= 15 is 0 Å². The quantitative estimate of drug-likeness (QED) is 0.468. The number of aryl methyl sites for hydroxylation is 1. The third-order valence-corrected chi connectivity index (χ3v) is 3.93. The first kappa shape index (κ1) is 16.4. The Morgan fingerprint density at radius 1 is 1.04 bits per heavy atom. The zero-order valence-electron chi connectivity index (χ0n) is 13.7. The first-order valence-corrected chi connectivity index (χ1v) is 7.99. The van der Waals surface area contributed by atoms with E-state index in [1.165, 1.54) is 12.1 Å². The highest BCUT2D eigenvalue weighted by Crippen LogP contribution is 2.36. The van der Waals surface area contributed by atoms with Gasteiger partial charge in [0.05, 0.1) is 5.56 Å². The Balaban J connectivity index is 1.86. The molecule has 26 heavy (non-hydrogen) atoms. The lowest BCUT2D eigenvalue weighted by Crippen LogP contribution is -2.04. The number of benzene rings is 2. The van der Waals surface area contributed by atoms with Gasteiger partial charge in [-0.3, -0.25) is 0 Å². The highest BCUT2D eigenvalue weighted by molar-refractivity contribution is 6.03. The van der Waals surface area contributed by atoms with Crippen LogP contribution in [-0.2, 0) is 12.6 Å². The minimum atomic E-state index is -4.45. The molecule has 0 aliphatic heterocycles. The number of hydrogen-bond acceptors (Lipinski definition) is 4. The van der Waals surface area contributed by atoms with Crippen LogP contribution < -0.4 is 4.74 Å². The van der Waals surface area contributed by atoms with Crippen molar-refractivity contribution < 1.29 is 22.3 Å². The van der Waals surface area contributed by atoms with E-state index < -0.39 is 11.7 Å². The molecule has 0 aliphatic rings. The molecule has 0 saturated heterocycles. The van der Waals surface area contributed by atoms with Crippen molar-refractivity contribution in [3.05, 3.63) is 59.9 Å². The van der Waals surface area contributed by atoms with Crippen molar-refractivity contribution in [2.75, 3.05) is 0 Å². The fourth-order valence-electron chi connectivity index (χ4n) is 2.68. The summed E-state index contributed by atoms with van der Waals surface area (Å²) in [5.41, 5.74) is 0.704. The zero-order valence-corrected chi connectivity index (χ0v) is 13.7. The van der Waals surface area contributed by atoms with Crippen LogP contribution >= 0.6 is 0 Å². The SMILES string of the molecule is CCc1nc(Oc2cccc(C(F)(F)F)c2)c2oc3ccccc3c2n1. The standard InChI is InChI=1S/C19H13F3N2O2/c1-2-15-23-16-13-8-3-4-9-14(13)26-17(16)18(24-15)25-12-7-5-6-11(10-12)19(20,21)22/h3-10H,2H2,1H3. The van der Waals surface area contributed by atoms with Crippen molar-refractivity contribution >= 4 is 22.1 Å². The third-order valence-electron chi connectivity index (χ3n) is 3.93. The molecule has 7 heteroatoms. The van der Waals surface area contributed by atoms with Gasteiger partial charge in [0, 0.05) is 11.8 Å². The van der Waals surface area contributed by atoms with Crippen molar-refractivity contribution in [1.29, 1.82) is 0 Å². The van der Waals surface area contributed by atoms with E-state index in [1.807, 2.05) is 25.1 Å². The van der Waals surface area contributed by atoms with E-state index in [0.29, 0.717) is 28.9 Å². The van der Waals surface area contributed by atoms with Gasteiger partial charge in [0.2, 0.25) is 5.58 Å². The number of furan rings is 1. The van der Waals surface area contributed by atoms with Gasteiger partial charge in [0.1, 0.15) is 22.7 Å². The second kappa shape index (κ2) is 6.01. The molecular formula is C19H13F3N2O2. The Kier molecular flexibility index (Phi) is 3.79. The van der Waals surface area contributed by atoms with Crippen molar-refractivity contribution in [1.82, 2.24) is 9.97 Å². The van der Waals surface area contributed by atoms with Crippen LogP contribution in [0.3, 0.4) is 0 Å². The van der Waals surface area contributed by atoms with E-state index in [2.05, 4.69) is 9.97 Å². The maximum atomic E-state index is 12.9. The third kappa shape index (κ3) is 2.85. The molecular weight excluding hydrogens is 345 g/mol. The molecule has 0 amide bonds. The van der Waals surface area contributed by atoms with Gasteiger partial charge in [-0.2, -0.15) is 18.2 Å². The average molecular weight is 358 g/mol. The molecule has 4 aromatic rings. The number of aromatic nitrogens is 2. The maximum absolute atomic E-state index is 12.9. The molecule has 0 spiro atoms. The normalized spacial score (nSPS) is 12.0. The minimum Gasteiger partial charge on any atom is -0.449 e. The summed E-state index contributed by atoms with van der Waals surface area (Å²) in [6.45, 7) is 1.89. The van der Waals surface area contributed by atoms with Crippen LogP contribution in [0.25, 0.3) is 22.1 Å². The largest absolute Gasteiger partial charge is 0.449 e. The van der Waals surface area contributed by atoms with Gasteiger partial charge in [0.15, 0.2) is 0 Å². The van der Waals surface area contributed by atoms with Crippen LogP contribution in [0.15, 0.2) is 52.9 Å². The molecule has 0 saturated carbocycles. The molecule has 4 nitrogen and oxygen atoms in total. The molecule has 0 fully saturated rings. The molecule has 0 bridgehead atoms. The molecule has 0 aliphatic carbocycles. The Hall–Kier alpha value is -3.09. The number of fused-ring (bicyclic) bond motifs is 3. The summed E-state index contributed by atoms with van der Waals surface area (Å²) in [6.07, 6.45) is -3.90. The topological polar surface area (TPSA) is 48.2 Å². The molecule has 2 aromatic carbocycles.